The number of amides is 2. The van der Waals surface area contributed by atoms with E-state index < -0.39 is 10.0 Å². The molecule has 0 spiro atoms. The summed E-state index contributed by atoms with van der Waals surface area (Å²) in [4.78, 5) is 21.6. The van der Waals surface area contributed by atoms with Crippen molar-refractivity contribution in [2.45, 2.75) is 18.7 Å². The summed E-state index contributed by atoms with van der Waals surface area (Å²) in [6.45, 7) is 3.05. The third-order valence-corrected chi connectivity index (χ3v) is 3.75. The van der Waals surface area contributed by atoms with E-state index in [0.717, 1.165) is 0 Å². The van der Waals surface area contributed by atoms with Gasteiger partial charge in [-0.25, -0.2) is 13.1 Å². The normalized spacial score (nSPS) is 10.9. The van der Waals surface area contributed by atoms with Crippen LogP contribution in [0.4, 0.5) is 5.69 Å². The van der Waals surface area contributed by atoms with Crippen molar-refractivity contribution in [3.8, 4) is 0 Å². The minimum absolute atomic E-state index is 0.0921. The topological polar surface area (TPSA) is 104 Å². The van der Waals surface area contributed by atoms with E-state index in [1.807, 2.05) is 0 Å². The molecule has 0 fully saturated rings. The van der Waals surface area contributed by atoms with E-state index in [0.29, 0.717) is 5.69 Å². The van der Waals surface area contributed by atoms with E-state index in [-0.39, 0.29) is 29.8 Å². The number of rotatable bonds is 6. The summed E-state index contributed by atoms with van der Waals surface area (Å²) < 4.78 is 26.2. The van der Waals surface area contributed by atoms with Gasteiger partial charge in [-0.3, -0.25) is 9.59 Å². The van der Waals surface area contributed by atoms with Crippen LogP contribution in [0.5, 0.6) is 0 Å². The zero-order valence-corrected chi connectivity index (χ0v) is 12.1. The SMILES string of the molecule is CC(=O)NCCNS(=O)(=O)c1ccc(NC(C)=O)cc1. The van der Waals surface area contributed by atoms with Crippen LogP contribution in [0, 0.1) is 0 Å². The van der Waals surface area contributed by atoms with Crippen LogP contribution >= 0.6 is 0 Å². The molecule has 20 heavy (non-hydrogen) atoms. The quantitative estimate of drug-likeness (QED) is 0.646. The van der Waals surface area contributed by atoms with E-state index in [2.05, 4.69) is 15.4 Å². The summed E-state index contributed by atoms with van der Waals surface area (Å²) in [5.41, 5.74) is 0.523. The standard InChI is InChI=1S/C12H17N3O4S/c1-9(16)13-7-8-14-20(18,19)12-5-3-11(4-6-12)15-10(2)17/h3-6,14H,7-8H2,1-2H3,(H,13,16)(H,15,17). The predicted octanol–water partition coefficient (Wildman–Crippen LogP) is 0.0594. The van der Waals surface area contributed by atoms with E-state index in [4.69, 9.17) is 0 Å². The van der Waals surface area contributed by atoms with Crippen LogP contribution in [0.3, 0.4) is 0 Å². The minimum Gasteiger partial charge on any atom is -0.355 e. The van der Waals surface area contributed by atoms with Gasteiger partial charge in [0.1, 0.15) is 0 Å². The summed E-state index contributed by atoms with van der Waals surface area (Å²) in [7, 11) is -3.62. The molecule has 0 heterocycles. The second kappa shape index (κ2) is 7.01. The number of carbonyl (C=O) groups excluding carboxylic acids is 2. The maximum absolute atomic E-state index is 11.9. The van der Waals surface area contributed by atoms with Crippen molar-refractivity contribution >= 4 is 27.5 Å². The Hall–Kier alpha value is -1.93. The minimum atomic E-state index is -3.62. The third kappa shape index (κ3) is 5.37. The molecule has 0 saturated heterocycles. The number of hydrogen-bond donors (Lipinski definition) is 3. The Morgan fingerprint density at radius 1 is 1.00 bits per heavy atom. The van der Waals surface area contributed by atoms with Gasteiger partial charge in [-0.2, -0.15) is 0 Å². The fourth-order valence-corrected chi connectivity index (χ4v) is 2.46. The highest BCUT2D eigenvalue weighted by Gasteiger charge is 2.13. The highest BCUT2D eigenvalue weighted by Crippen LogP contribution is 2.13. The van der Waals surface area contributed by atoms with Gasteiger partial charge in [-0.15, -0.1) is 0 Å². The molecular weight excluding hydrogens is 282 g/mol. The number of benzene rings is 1. The van der Waals surface area contributed by atoms with Crippen molar-refractivity contribution < 1.29 is 18.0 Å². The molecular formula is C12H17N3O4S. The molecule has 1 aromatic carbocycles. The summed E-state index contributed by atoms with van der Waals surface area (Å²) in [6.07, 6.45) is 0. The monoisotopic (exact) mass is 299 g/mol. The number of sulfonamides is 1. The van der Waals surface area contributed by atoms with Gasteiger partial charge in [-0.05, 0) is 24.3 Å². The van der Waals surface area contributed by atoms with Crippen LogP contribution in [0.15, 0.2) is 29.2 Å². The van der Waals surface area contributed by atoms with Crippen LogP contribution in [0.25, 0.3) is 0 Å². The molecule has 0 aliphatic rings. The Balaban J connectivity index is 2.63. The summed E-state index contributed by atoms with van der Waals surface area (Å²) >= 11 is 0. The smallest absolute Gasteiger partial charge is 0.240 e. The molecule has 0 aliphatic heterocycles. The van der Waals surface area contributed by atoms with Gasteiger partial charge in [0.15, 0.2) is 0 Å². The van der Waals surface area contributed by atoms with E-state index >= 15 is 0 Å². The molecule has 0 aliphatic carbocycles. The maximum atomic E-state index is 11.9. The van der Waals surface area contributed by atoms with Gasteiger partial charge in [0.05, 0.1) is 4.90 Å². The fraction of sp³-hybridized carbons (Fsp3) is 0.333. The van der Waals surface area contributed by atoms with Gasteiger partial charge in [-0.1, -0.05) is 0 Å². The Kier molecular flexibility index (Phi) is 5.66. The zero-order valence-electron chi connectivity index (χ0n) is 11.3. The Bertz CT molecular complexity index is 581. The lowest BCUT2D eigenvalue weighted by atomic mass is 10.3. The number of nitrogens with one attached hydrogen (secondary N) is 3. The lowest BCUT2D eigenvalue weighted by Crippen LogP contribution is -2.33. The van der Waals surface area contributed by atoms with Crippen LogP contribution in [0.1, 0.15) is 13.8 Å². The molecule has 7 nitrogen and oxygen atoms in total. The fourth-order valence-electron chi connectivity index (χ4n) is 1.43. The van der Waals surface area contributed by atoms with Crippen molar-refractivity contribution in [3.63, 3.8) is 0 Å². The van der Waals surface area contributed by atoms with Crippen molar-refractivity contribution in [2.24, 2.45) is 0 Å². The predicted molar refractivity (Wildman–Crippen MR) is 74.6 cm³/mol. The van der Waals surface area contributed by atoms with Crippen LogP contribution in [0.2, 0.25) is 0 Å². The summed E-state index contributed by atoms with van der Waals surface area (Å²) in [5, 5.41) is 5.03. The highest BCUT2D eigenvalue weighted by molar-refractivity contribution is 7.89. The van der Waals surface area contributed by atoms with Gasteiger partial charge in [0, 0.05) is 32.6 Å². The Morgan fingerprint density at radius 3 is 2.10 bits per heavy atom. The first-order valence-electron chi connectivity index (χ1n) is 5.93. The second-order valence-electron chi connectivity index (χ2n) is 4.09. The Labute approximate surface area is 117 Å². The highest BCUT2D eigenvalue weighted by atomic mass is 32.2. The molecule has 0 radical (unpaired) electrons. The molecule has 1 rings (SSSR count). The van der Waals surface area contributed by atoms with Crippen molar-refractivity contribution in [3.05, 3.63) is 24.3 Å². The average molecular weight is 299 g/mol. The molecule has 110 valence electrons. The van der Waals surface area contributed by atoms with Crippen molar-refractivity contribution in [1.29, 1.82) is 0 Å². The van der Waals surface area contributed by atoms with E-state index in [9.17, 15) is 18.0 Å². The molecule has 2 amide bonds. The summed E-state index contributed by atoms with van der Waals surface area (Å²) in [5.74, 6) is -0.446. The first-order chi connectivity index (χ1) is 9.31. The molecule has 8 heteroatoms. The molecule has 1 aromatic rings. The summed E-state index contributed by atoms with van der Waals surface area (Å²) in [6, 6.07) is 5.80. The lowest BCUT2D eigenvalue weighted by Gasteiger charge is -2.08. The number of hydrogen-bond acceptors (Lipinski definition) is 4. The van der Waals surface area contributed by atoms with Gasteiger partial charge < -0.3 is 10.6 Å². The second-order valence-corrected chi connectivity index (χ2v) is 5.85. The molecule has 0 atom stereocenters. The first-order valence-corrected chi connectivity index (χ1v) is 7.41. The zero-order chi connectivity index (χ0) is 15.2. The van der Waals surface area contributed by atoms with Crippen molar-refractivity contribution in [2.75, 3.05) is 18.4 Å². The van der Waals surface area contributed by atoms with Crippen LogP contribution in [-0.2, 0) is 19.6 Å². The molecule has 0 bridgehead atoms. The van der Waals surface area contributed by atoms with Crippen molar-refractivity contribution in [1.82, 2.24) is 10.0 Å². The largest absolute Gasteiger partial charge is 0.355 e. The maximum Gasteiger partial charge on any atom is 0.240 e. The molecule has 0 aromatic heterocycles. The number of anilines is 1. The van der Waals surface area contributed by atoms with E-state index in [1.54, 1.807) is 0 Å². The Morgan fingerprint density at radius 2 is 1.60 bits per heavy atom. The molecule has 0 unspecified atom stereocenters. The van der Waals surface area contributed by atoms with E-state index in [1.165, 1.54) is 38.1 Å². The third-order valence-electron chi connectivity index (χ3n) is 2.28. The van der Waals surface area contributed by atoms with Crippen LogP contribution < -0.4 is 15.4 Å². The van der Waals surface area contributed by atoms with Gasteiger partial charge in [0.2, 0.25) is 21.8 Å². The average Bonchev–Trinajstić information content (AvgIpc) is 2.34. The van der Waals surface area contributed by atoms with Gasteiger partial charge in [0.25, 0.3) is 0 Å². The molecule has 0 saturated carbocycles. The van der Waals surface area contributed by atoms with Crippen LogP contribution in [-0.4, -0.2) is 33.3 Å². The first kappa shape index (κ1) is 16.1. The lowest BCUT2D eigenvalue weighted by molar-refractivity contribution is -0.119. The number of carbonyl (C=O) groups is 2. The van der Waals surface area contributed by atoms with Gasteiger partial charge >= 0.3 is 0 Å². The molecule has 3 N–H and O–H groups in total.